The van der Waals surface area contributed by atoms with Gasteiger partial charge in [-0.15, -0.1) is 0 Å². The Kier molecular flexibility index (Phi) is 4.53. The van der Waals surface area contributed by atoms with Gasteiger partial charge in [0.05, 0.1) is 17.2 Å². The third-order valence-corrected chi connectivity index (χ3v) is 2.77. The van der Waals surface area contributed by atoms with E-state index >= 15 is 0 Å². The Morgan fingerprint density at radius 3 is 2.80 bits per heavy atom. The lowest BCUT2D eigenvalue weighted by molar-refractivity contribution is 0.0526. The zero-order valence-electron chi connectivity index (χ0n) is 10.7. The fourth-order valence-corrected chi connectivity index (χ4v) is 1.64. The average Bonchev–Trinajstić information content (AvgIpc) is 2.44. The van der Waals surface area contributed by atoms with Crippen molar-refractivity contribution in [1.82, 2.24) is 4.98 Å². The van der Waals surface area contributed by atoms with Gasteiger partial charge in [0.25, 0.3) is 0 Å². The Balaban J connectivity index is 2.10. The minimum atomic E-state index is -0.514. The Hall–Kier alpha value is -2.14. The largest absolute Gasteiger partial charge is 0.462 e. The first kappa shape index (κ1) is 14.3. The molecular weight excluding hydrogens is 283 g/mol. The molecule has 0 bridgehead atoms. The molecule has 0 fully saturated rings. The maximum Gasteiger partial charge on any atom is 0.339 e. The third-order valence-electron chi connectivity index (χ3n) is 2.47. The van der Waals surface area contributed by atoms with Gasteiger partial charge in [0.15, 0.2) is 0 Å². The molecule has 0 radical (unpaired) electrons. The lowest BCUT2D eigenvalue weighted by Crippen LogP contribution is -2.05. The summed E-state index contributed by atoms with van der Waals surface area (Å²) in [6, 6.07) is 7.54. The van der Waals surface area contributed by atoms with Crippen molar-refractivity contribution in [3.63, 3.8) is 0 Å². The number of anilines is 2. The SMILES string of the molecule is CCOC(=O)c1ccc(Nc2ccc(Cl)c(F)c2)nc1. The van der Waals surface area contributed by atoms with Crippen LogP contribution in [0, 0.1) is 5.82 Å². The number of rotatable bonds is 4. The quantitative estimate of drug-likeness (QED) is 0.872. The van der Waals surface area contributed by atoms with E-state index in [9.17, 15) is 9.18 Å². The number of ether oxygens (including phenoxy) is 1. The van der Waals surface area contributed by atoms with E-state index in [2.05, 4.69) is 10.3 Å². The minimum Gasteiger partial charge on any atom is -0.462 e. The lowest BCUT2D eigenvalue weighted by atomic mass is 10.2. The standard InChI is InChI=1S/C14H12ClFN2O2/c1-2-20-14(19)9-3-6-13(17-8-9)18-10-4-5-11(15)12(16)7-10/h3-8H,2H2,1H3,(H,17,18). The molecule has 0 spiro atoms. The van der Waals surface area contributed by atoms with Gasteiger partial charge in [-0.1, -0.05) is 11.6 Å². The molecule has 0 saturated carbocycles. The summed E-state index contributed by atoms with van der Waals surface area (Å²) >= 11 is 5.60. The highest BCUT2D eigenvalue weighted by Crippen LogP contribution is 2.21. The van der Waals surface area contributed by atoms with E-state index in [1.165, 1.54) is 18.3 Å². The van der Waals surface area contributed by atoms with E-state index in [0.717, 1.165) is 0 Å². The monoisotopic (exact) mass is 294 g/mol. The second kappa shape index (κ2) is 6.34. The third kappa shape index (κ3) is 3.45. The number of carbonyl (C=O) groups is 1. The zero-order valence-corrected chi connectivity index (χ0v) is 11.4. The van der Waals surface area contributed by atoms with E-state index in [-0.39, 0.29) is 5.02 Å². The van der Waals surface area contributed by atoms with Gasteiger partial charge in [-0.25, -0.2) is 14.2 Å². The number of nitrogens with zero attached hydrogens (tertiary/aromatic N) is 1. The van der Waals surface area contributed by atoms with Crippen molar-refractivity contribution in [3.05, 3.63) is 52.9 Å². The molecule has 0 unspecified atom stereocenters. The van der Waals surface area contributed by atoms with Crippen LogP contribution in [-0.2, 0) is 4.74 Å². The summed E-state index contributed by atoms with van der Waals surface area (Å²) in [5, 5.41) is 2.96. The van der Waals surface area contributed by atoms with Crippen LogP contribution in [0.3, 0.4) is 0 Å². The van der Waals surface area contributed by atoms with Crippen molar-refractivity contribution in [2.45, 2.75) is 6.92 Å². The van der Waals surface area contributed by atoms with Crippen LogP contribution in [0.4, 0.5) is 15.9 Å². The van der Waals surface area contributed by atoms with Crippen molar-refractivity contribution < 1.29 is 13.9 Å². The van der Waals surface area contributed by atoms with E-state index in [0.29, 0.717) is 23.7 Å². The van der Waals surface area contributed by atoms with Crippen molar-refractivity contribution in [1.29, 1.82) is 0 Å². The molecule has 4 nitrogen and oxygen atoms in total. The van der Waals surface area contributed by atoms with Gasteiger partial charge in [-0.3, -0.25) is 0 Å². The first-order valence-corrected chi connectivity index (χ1v) is 6.33. The van der Waals surface area contributed by atoms with Gasteiger partial charge < -0.3 is 10.1 Å². The predicted octanol–water partition coefficient (Wildman–Crippen LogP) is 3.79. The van der Waals surface area contributed by atoms with Gasteiger partial charge in [-0.2, -0.15) is 0 Å². The maximum absolute atomic E-state index is 13.3. The number of carbonyl (C=O) groups excluding carboxylic acids is 1. The van der Waals surface area contributed by atoms with Gasteiger partial charge in [-0.05, 0) is 37.3 Å². The van der Waals surface area contributed by atoms with Crippen LogP contribution in [0.2, 0.25) is 5.02 Å². The number of hydrogen-bond donors (Lipinski definition) is 1. The molecule has 2 rings (SSSR count). The number of benzene rings is 1. The summed E-state index contributed by atoms with van der Waals surface area (Å²) in [5.41, 5.74) is 0.878. The van der Waals surface area contributed by atoms with Crippen LogP contribution in [0.5, 0.6) is 0 Å². The smallest absolute Gasteiger partial charge is 0.339 e. The van der Waals surface area contributed by atoms with Crippen LogP contribution in [0.1, 0.15) is 17.3 Å². The van der Waals surface area contributed by atoms with Crippen LogP contribution >= 0.6 is 11.6 Å². The van der Waals surface area contributed by atoms with E-state index in [4.69, 9.17) is 16.3 Å². The summed E-state index contributed by atoms with van der Waals surface area (Å²) < 4.78 is 18.1. The minimum absolute atomic E-state index is 0.0566. The van der Waals surface area contributed by atoms with Gasteiger partial charge >= 0.3 is 5.97 Å². The Labute approximate surface area is 120 Å². The molecule has 2 aromatic rings. The maximum atomic E-state index is 13.3. The van der Waals surface area contributed by atoms with E-state index in [1.807, 2.05) is 0 Å². The molecule has 0 aliphatic rings. The zero-order chi connectivity index (χ0) is 14.5. The van der Waals surface area contributed by atoms with E-state index < -0.39 is 11.8 Å². The Bertz CT molecular complexity index is 617. The molecule has 0 aliphatic heterocycles. The first-order valence-electron chi connectivity index (χ1n) is 5.95. The molecule has 0 saturated heterocycles. The lowest BCUT2D eigenvalue weighted by Gasteiger charge is -2.07. The molecule has 1 aromatic heterocycles. The normalized spacial score (nSPS) is 10.2. The first-order chi connectivity index (χ1) is 9.60. The van der Waals surface area contributed by atoms with Gasteiger partial charge in [0, 0.05) is 11.9 Å². The van der Waals surface area contributed by atoms with Gasteiger partial charge in [0.1, 0.15) is 11.6 Å². The number of nitrogens with one attached hydrogen (secondary N) is 1. The van der Waals surface area contributed by atoms with Crippen LogP contribution < -0.4 is 5.32 Å². The van der Waals surface area contributed by atoms with Crippen molar-refractivity contribution >= 4 is 29.1 Å². The number of pyridine rings is 1. The highest BCUT2D eigenvalue weighted by Gasteiger charge is 2.07. The number of aromatic nitrogens is 1. The molecule has 1 N–H and O–H groups in total. The highest BCUT2D eigenvalue weighted by atomic mass is 35.5. The summed E-state index contributed by atoms with van der Waals surface area (Å²) in [5.74, 6) is -0.455. The molecule has 6 heteroatoms. The molecule has 0 amide bonds. The molecular formula is C14H12ClFN2O2. The Morgan fingerprint density at radius 2 is 2.20 bits per heavy atom. The Morgan fingerprint density at radius 1 is 1.40 bits per heavy atom. The average molecular weight is 295 g/mol. The highest BCUT2D eigenvalue weighted by molar-refractivity contribution is 6.30. The fourth-order valence-electron chi connectivity index (χ4n) is 1.52. The van der Waals surface area contributed by atoms with E-state index in [1.54, 1.807) is 25.1 Å². The molecule has 104 valence electrons. The second-order valence-electron chi connectivity index (χ2n) is 3.91. The summed E-state index contributed by atoms with van der Waals surface area (Å²) in [6.07, 6.45) is 1.40. The topological polar surface area (TPSA) is 51.2 Å². The summed E-state index contributed by atoms with van der Waals surface area (Å²) in [7, 11) is 0. The summed E-state index contributed by atoms with van der Waals surface area (Å²) in [6.45, 7) is 2.04. The number of halogens is 2. The molecule has 1 aromatic carbocycles. The number of esters is 1. The fraction of sp³-hybridized carbons (Fsp3) is 0.143. The second-order valence-corrected chi connectivity index (χ2v) is 4.31. The molecule has 0 atom stereocenters. The van der Waals surface area contributed by atoms with Crippen LogP contribution in [0.25, 0.3) is 0 Å². The van der Waals surface area contributed by atoms with Crippen molar-refractivity contribution in [2.75, 3.05) is 11.9 Å². The molecule has 0 aliphatic carbocycles. The van der Waals surface area contributed by atoms with Crippen LogP contribution in [0.15, 0.2) is 36.5 Å². The predicted molar refractivity (Wildman–Crippen MR) is 74.9 cm³/mol. The van der Waals surface area contributed by atoms with Crippen molar-refractivity contribution in [2.24, 2.45) is 0 Å². The van der Waals surface area contributed by atoms with Gasteiger partial charge in [0.2, 0.25) is 0 Å². The van der Waals surface area contributed by atoms with Crippen molar-refractivity contribution in [3.8, 4) is 0 Å². The van der Waals surface area contributed by atoms with Crippen LogP contribution in [-0.4, -0.2) is 17.6 Å². The number of hydrogen-bond acceptors (Lipinski definition) is 4. The molecule has 1 heterocycles. The molecule has 20 heavy (non-hydrogen) atoms. The summed E-state index contributed by atoms with van der Waals surface area (Å²) in [4.78, 5) is 15.5.